The Labute approximate surface area is 130 Å². The minimum absolute atomic E-state index is 0.0487. The highest BCUT2D eigenvalue weighted by atomic mass is 16.2. The van der Waals surface area contributed by atoms with Crippen LogP contribution in [0.2, 0.25) is 0 Å². The molecule has 0 aromatic heterocycles. The number of carbonyl (C=O) groups excluding carboxylic acids is 3. The first-order chi connectivity index (χ1) is 10.5. The number of nitrogens with one attached hydrogen (secondary N) is 1. The van der Waals surface area contributed by atoms with Gasteiger partial charge in [0.1, 0.15) is 6.54 Å². The van der Waals surface area contributed by atoms with E-state index in [-0.39, 0.29) is 30.2 Å². The molecule has 5 nitrogen and oxygen atoms in total. The van der Waals surface area contributed by atoms with Crippen LogP contribution in [0.15, 0.2) is 24.3 Å². The van der Waals surface area contributed by atoms with Gasteiger partial charge in [-0.25, -0.2) is 0 Å². The van der Waals surface area contributed by atoms with Crippen molar-refractivity contribution in [3.63, 3.8) is 0 Å². The molecule has 22 heavy (non-hydrogen) atoms. The Bertz CT molecular complexity index is 577. The Balaban J connectivity index is 2.00. The zero-order valence-electron chi connectivity index (χ0n) is 13.1. The van der Waals surface area contributed by atoms with Crippen molar-refractivity contribution in [2.45, 2.75) is 45.6 Å². The van der Waals surface area contributed by atoms with Gasteiger partial charge in [-0.1, -0.05) is 25.0 Å². The van der Waals surface area contributed by atoms with Crippen LogP contribution in [0.3, 0.4) is 0 Å². The van der Waals surface area contributed by atoms with Crippen molar-refractivity contribution >= 4 is 23.3 Å². The maximum absolute atomic E-state index is 12.2. The van der Waals surface area contributed by atoms with E-state index in [2.05, 4.69) is 5.32 Å². The molecule has 0 atom stereocenters. The normalized spacial score (nSPS) is 14.6. The third kappa shape index (κ3) is 4.16. The van der Waals surface area contributed by atoms with Crippen LogP contribution in [-0.4, -0.2) is 35.1 Å². The number of ketones is 1. The minimum Gasteiger partial charge on any atom is -0.331 e. The SMILES string of the molecule is CC(=O)c1cccc(NC(=O)CN(C(C)=O)C2CCCC2)c1. The molecule has 2 rings (SSSR count). The summed E-state index contributed by atoms with van der Waals surface area (Å²) in [6.45, 7) is 3.05. The lowest BCUT2D eigenvalue weighted by atomic mass is 10.1. The molecule has 0 heterocycles. The highest BCUT2D eigenvalue weighted by Crippen LogP contribution is 2.23. The van der Waals surface area contributed by atoms with Crippen molar-refractivity contribution in [1.29, 1.82) is 0 Å². The quantitative estimate of drug-likeness (QED) is 0.850. The molecule has 1 aliphatic rings. The van der Waals surface area contributed by atoms with Gasteiger partial charge in [0, 0.05) is 24.2 Å². The predicted octanol–water partition coefficient (Wildman–Crippen LogP) is 2.62. The van der Waals surface area contributed by atoms with Gasteiger partial charge < -0.3 is 10.2 Å². The average molecular weight is 302 g/mol. The van der Waals surface area contributed by atoms with Crippen molar-refractivity contribution in [3.05, 3.63) is 29.8 Å². The summed E-state index contributed by atoms with van der Waals surface area (Å²) >= 11 is 0. The first-order valence-electron chi connectivity index (χ1n) is 7.65. The number of anilines is 1. The maximum Gasteiger partial charge on any atom is 0.244 e. The summed E-state index contributed by atoms with van der Waals surface area (Å²) in [7, 11) is 0. The maximum atomic E-state index is 12.2. The van der Waals surface area contributed by atoms with Crippen molar-refractivity contribution in [2.24, 2.45) is 0 Å². The smallest absolute Gasteiger partial charge is 0.244 e. The van der Waals surface area contributed by atoms with Crippen LogP contribution in [0.1, 0.15) is 49.9 Å². The number of benzene rings is 1. The number of Topliss-reactive ketones (excluding diaryl/α,β-unsaturated/α-hetero) is 1. The molecule has 0 spiro atoms. The summed E-state index contributed by atoms with van der Waals surface area (Å²) in [5.74, 6) is -0.352. The second-order valence-corrected chi connectivity index (χ2v) is 5.77. The fourth-order valence-electron chi connectivity index (χ4n) is 2.88. The number of hydrogen-bond donors (Lipinski definition) is 1. The Kier molecular flexibility index (Phi) is 5.31. The minimum atomic E-state index is -0.234. The third-order valence-corrected chi connectivity index (χ3v) is 4.04. The molecular weight excluding hydrogens is 280 g/mol. The summed E-state index contributed by atoms with van der Waals surface area (Å²) in [4.78, 5) is 36.9. The van der Waals surface area contributed by atoms with E-state index in [9.17, 15) is 14.4 Å². The van der Waals surface area contributed by atoms with Gasteiger partial charge in [0.25, 0.3) is 0 Å². The Morgan fingerprint density at radius 3 is 2.45 bits per heavy atom. The molecule has 1 N–H and O–H groups in total. The highest BCUT2D eigenvalue weighted by Gasteiger charge is 2.26. The first-order valence-corrected chi connectivity index (χ1v) is 7.65. The lowest BCUT2D eigenvalue weighted by Gasteiger charge is -2.27. The molecule has 0 radical (unpaired) electrons. The molecule has 5 heteroatoms. The van der Waals surface area contributed by atoms with Crippen molar-refractivity contribution in [2.75, 3.05) is 11.9 Å². The summed E-state index contributed by atoms with van der Waals surface area (Å²) < 4.78 is 0. The highest BCUT2D eigenvalue weighted by molar-refractivity contribution is 5.98. The summed E-state index contributed by atoms with van der Waals surface area (Å²) in [6.07, 6.45) is 4.15. The fourth-order valence-corrected chi connectivity index (χ4v) is 2.88. The number of amides is 2. The van der Waals surface area contributed by atoms with Gasteiger partial charge in [0.2, 0.25) is 11.8 Å². The number of nitrogens with zero attached hydrogens (tertiary/aromatic N) is 1. The second-order valence-electron chi connectivity index (χ2n) is 5.77. The lowest BCUT2D eigenvalue weighted by Crippen LogP contribution is -2.42. The van der Waals surface area contributed by atoms with E-state index < -0.39 is 0 Å². The van der Waals surface area contributed by atoms with Crippen LogP contribution < -0.4 is 5.32 Å². The van der Waals surface area contributed by atoms with Gasteiger partial charge in [-0.2, -0.15) is 0 Å². The zero-order valence-corrected chi connectivity index (χ0v) is 13.1. The van der Waals surface area contributed by atoms with E-state index >= 15 is 0 Å². The van der Waals surface area contributed by atoms with E-state index in [1.165, 1.54) is 13.8 Å². The molecule has 1 fully saturated rings. The van der Waals surface area contributed by atoms with Crippen LogP contribution in [-0.2, 0) is 9.59 Å². The molecule has 0 saturated heterocycles. The van der Waals surface area contributed by atoms with Crippen LogP contribution in [0.5, 0.6) is 0 Å². The molecule has 0 unspecified atom stereocenters. The second kappa shape index (κ2) is 7.20. The summed E-state index contributed by atoms with van der Waals surface area (Å²) in [5.41, 5.74) is 1.13. The Morgan fingerprint density at radius 2 is 1.86 bits per heavy atom. The summed E-state index contributed by atoms with van der Waals surface area (Å²) in [5, 5.41) is 2.76. The largest absolute Gasteiger partial charge is 0.331 e. The van der Waals surface area contributed by atoms with Gasteiger partial charge in [-0.3, -0.25) is 14.4 Å². The van der Waals surface area contributed by atoms with Gasteiger partial charge in [-0.15, -0.1) is 0 Å². The molecule has 1 aliphatic carbocycles. The van der Waals surface area contributed by atoms with Crippen LogP contribution >= 0.6 is 0 Å². The Hall–Kier alpha value is -2.17. The van der Waals surface area contributed by atoms with E-state index in [4.69, 9.17) is 0 Å². The third-order valence-electron chi connectivity index (χ3n) is 4.04. The van der Waals surface area contributed by atoms with E-state index in [0.29, 0.717) is 11.3 Å². The standard InChI is InChI=1S/C17H22N2O3/c1-12(20)14-6-5-7-15(10-14)18-17(22)11-19(13(2)21)16-8-3-4-9-16/h5-7,10,16H,3-4,8-9,11H2,1-2H3,(H,18,22). The topological polar surface area (TPSA) is 66.5 Å². The molecule has 2 amide bonds. The molecule has 0 aliphatic heterocycles. The van der Waals surface area contributed by atoms with Gasteiger partial charge in [-0.05, 0) is 31.9 Å². The first kappa shape index (κ1) is 16.2. The molecular formula is C17H22N2O3. The van der Waals surface area contributed by atoms with Gasteiger partial charge in [0.05, 0.1) is 0 Å². The van der Waals surface area contributed by atoms with Crippen molar-refractivity contribution < 1.29 is 14.4 Å². The molecule has 118 valence electrons. The summed E-state index contributed by atoms with van der Waals surface area (Å²) in [6, 6.07) is 6.99. The van der Waals surface area contributed by atoms with Crippen LogP contribution in [0.25, 0.3) is 0 Å². The fraction of sp³-hybridized carbons (Fsp3) is 0.471. The number of carbonyl (C=O) groups is 3. The molecule has 0 bridgehead atoms. The lowest BCUT2D eigenvalue weighted by molar-refractivity contribution is -0.135. The average Bonchev–Trinajstić information content (AvgIpc) is 2.98. The zero-order chi connectivity index (χ0) is 16.1. The molecule has 1 aromatic carbocycles. The monoisotopic (exact) mass is 302 g/mol. The number of rotatable bonds is 5. The van der Waals surface area contributed by atoms with Crippen molar-refractivity contribution in [3.8, 4) is 0 Å². The Morgan fingerprint density at radius 1 is 1.18 bits per heavy atom. The van der Waals surface area contributed by atoms with Crippen LogP contribution in [0, 0.1) is 0 Å². The molecule has 1 aromatic rings. The van der Waals surface area contributed by atoms with E-state index in [0.717, 1.165) is 25.7 Å². The van der Waals surface area contributed by atoms with Crippen LogP contribution in [0.4, 0.5) is 5.69 Å². The van der Waals surface area contributed by atoms with E-state index in [1.54, 1.807) is 29.2 Å². The van der Waals surface area contributed by atoms with Gasteiger partial charge >= 0.3 is 0 Å². The molecule has 1 saturated carbocycles. The number of hydrogen-bond acceptors (Lipinski definition) is 3. The van der Waals surface area contributed by atoms with E-state index in [1.807, 2.05) is 0 Å². The van der Waals surface area contributed by atoms with Gasteiger partial charge in [0.15, 0.2) is 5.78 Å². The predicted molar refractivity (Wildman–Crippen MR) is 84.7 cm³/mol. The van der Waals surface area contributed by atoms with Crippen molar-refractivity contribution in [1.82, 2.24) is 4.90 Å².